The van der Waals surface area contributed by atoms with Crippen molar-refractivity contribution in [3.05, 3.63) is 130 Å². The van der Waals surface area contributed by atoms with Gasteiger partial charge < -0.3 is 9.88 Å². The van der Waals surface area contributed by atoms with Gasteiger partial charge in [0.1, 0.15) is 0 Å². The zero-order valence-corrected chi connectivity index (χ0v) is 23.6. The summed E-state index contributed by atoms with van der Waals surface area (Å²) in [7, 11) is 0. The zero-order chi connectivity index (χ0) is 31.1. The van der Waals surface area contributed by atoms with Gasteiger partial charge in [-0.2, -0.15) is 26.3 Å². The highest BCUT2D eigenvalue weighted by atomic mass is 19.4. The van der Waals surface area contributed by atoms with Crippen LogP contribution < -0.4 is 5.32 Å². The Labute approximate surface area is 244 Å². The van der Waals surface area contributed by atoms with Gasteiger partial charge >= 0.3 is 12.4 Å². The van der Waals surface area contributed by atoms with Crippen molar-refractivity contribution in [2.45, 2.75) is 45.7 Å². The van der Waals surface area contributed by atoms with E-state index in [2.05, 4.69) is 34.1 Å². The van der Waals surface area contributed by atoms with E-state index in [9.17, 15) is 31.1 Å². The lowest BCUT2D eigenvalue weighted by Crippen LogP contribution is -2.28. The summed E-state index contributed by atoms with van der Waals surface area (Å²) >= 11 is 0. The Bertz CT molecular complexity index is 1780. The number of fused-ring (bicyclic) bond motifs is 1. The first kappa shape index (κ1) is 29.9. The van der Waals surface area contributed by atoms with Crippen molar-refractivity contribution in [1.82, 2.24) is 9.88 Å². The Morgan fingerprint density at radius 1 is 0.791 bits per heavy atom. The molecule has 0 fully saturated rings. The van der Waals surface area contributed by atoms with Gasteiger partial charge in [0.15, 0.2) is 0 Å². The Balaban J connectivity index is 1.40. The van der Waals surface area contributed by atoms with Crippen LogP contribution in [0.3, 0.4) is 0 Å². The summed E-state index contributed by atoms with van der Waals surface area (Å²) in [5, 5.41) is 3.25. The fourth-order valence-corrected chi connectivity index (χ4v) is 5.32. The SMILES string of the molecule is Cc1c(C)n(Cc2ccc(-c3ccccc3)cc2)c2ccc(C(=O)N[C@H](C)c3cc(C(F)(F)F)ccc3C(F)(F)F)cc12. The van der Waals surface area contributed by atoms with Crippen molar-refractivity contribution >= 4 is 16.8 Å². The molecule has 0 bridgehead atoms. The summed E-state index contributed by atoms with van der Waals surface area (Å²) in [6.45, 7) is 5.72. The number of halogens is 6. The number of hydrogen-bond acceptors (Lipinski definition) is 1. The van der Waals surface area contributed by atoms with E-state index in [0.29, 0.717) is 24.7 Å². The van der Waals surface area contributed by atoms with Gasteiger partial charge in [-0.05, 0) is 85.0 Å². The molecule has 0 aliphatic rings. The minimum atomic E-state index is -4.89. The monoisotopic (exact) mass is 594 g/mol. The molecule has 0 aliphatic carbocycles. The van der Waals surface area contributed by atoms with E-state index in [1.807, 2.05) is 44.2 Å². The Hall–Kier alpha value is -4.53. The lowest BCUT2D eigenvalue weighted by atomic mass is 9.97. The van der Waals surface area contributed by atoms with Gasteiger partial charge in [-0.3, -0.25) is 4.79 Å². The summed E-state index contributed by atoms with van der Waals surface area (Å²) in [6.07, 6.45) is -9.73. The van der Waals surface area contributed by atoms with E-state index in [4.69, 9.17) is 0 Å². The third kappa shape index (κ3) is 6.16. The molecule has 0 saturated carbocycles. The average molecular weight is 595 g/mol. The first-order valence-electron chi connectivity index (χ1n) is 13.6. The standard InChI is InChI=1S/C34H28F6N2O/c1-20-22(3)42(19-23-9-11-25(12-10-23)24-7-5-4-6-8-24)31-16-13-26(17-28(20)31)32(43)41-21(2)29-18-27(33(35,36)37)14-15-30(29)34(38,39)40/h4-18,21H,19H2,1-3H3,(H,41,43)/t21-/m1/s1. The summed E-state index contributed by atoms with van der Waals surface area (Å²) < 4.78 is 82.8. The highest BCUT2D eigenvalue weighted by Gasteiger charge is 2.38. The van der Waals surface area contributed by atoms with Crippen LogP contribution >= 0.6 is 0 Å². The van der Waals surface area contributed by atoms with Crippen LogP contribution in [0.25, 0.3) is 22.0 Å². The number of aryl methyl sites for hydroxylation is 1. The normalized spacial score (nSPS) is 12.9. The number of nitrogens with one attached hydrogen (secondary N) is 1. The average Bonchev–Trinajstić information content (AvgIpc) is 3.21. The highest BCUT2D eigenvalue weighted by Crippen LogP contribution is 2.39. The number of amides is 1. The molecule has 0 spiro atoms. The van der Waals surface area contributed by atoms with E-state index >= 15 is 0 Å². The molecule has 9 heteroatoms. The molecular weight excluding hydrogens is 566 g/mol. The Kier molecular flexibility index (Phi) is 7.86. The van der Waals surface area contributed by atoms with Gasteiger partial charge in [0, 0.05) is 28.7 Å². The molecule has 5 rings (SSSR count). The van der Waals surface area contributed by atoms with Gasteiger partial charge in [0.2, 0.25) is 0 Å². The largest absolute Gasteiger partial charge is 0.416 e. The quantitative estimate of drug-likeness (QED) is 0.195. The van der Waals surface area contributed by atoms with Crippen LogP contribution in [0.2, 0.25) is 0 Å². The predicted octanol–water partition coefficient (Wildman–Crippen LogP) is 9.50. The molecule has 1 aromatic heterocycles. The second kappa shape index (κ2) is 11.3. The molecule has 222 valence electrons. The van der Waals surface area contributed by atoms with Gasteiger partial charge in [0.25, 0.3) is 5.91 Å². The Morgan fingerprint density at radius 3 is 2.07 bits per heavy atom. The van der Waals surface area contributed by atoms with Gasteiger partial charge in [0.05, 0.1) is 17.2 Å². The molecule has 43 heavy (non-hydrogen) atoms. The molecule has 4 aromatic carbocycles. The molecular formula is C34H28F6N2O. The van der Waals surface area contributed by atoms with E-state index in [-0.39, 0.29) is 5.56 Å². The summed E-state index contributed by atoms with van der Waals surface area (Å²) in [5.41, 5.74) is 3.19. The van der Waals surface area contributed by atoms with Crippen LogP contribution in [0.15, 0.2) is 91.0 Å². The minimum Gasteiger partial charge on any atom is -0.346 e. The van der Waals surface area contributed by atoms with Crippen molar-refractivity contribution in [1.29, 1.82) is 0 Å². The van der Waals surface area contributed by atoms with Crippen LogP contribution in [0.4, 0.5) is 26.3 Å². The number of aromatic nitrogens is 1. The molecule has 0 aliphatic heterocycles. The van der Waals surface area contributed by atoms with Crippen LogP contribution in [0.5, 0.6) is 0 Å². The van der Waals surface area contributed by atoms with Gasteiger partial charge in [-0.1, -0.05) is 54.6 Å². The zero-order valence-electron chi connectivity index (χ0n) is 23.6. The number of benzene rings is 4. The topological polar surface area (TPSA) is 34.0 Å². The van der Waals surface area contributed by atoms with Gasteiger partial charge in [-0.15, -0.1) is 0 Å². The predicted molar refractivity (Wildman–Crippen MR) is 155 cm³/mol. The maximum atomic E-state index is 13.6. The molecule has 1 N–H and O–H groups in total. The van der Waals surface area contributed by atoms with Gasteiger partial charge in [-0.25, -0.2) is 0 Å². The highest BCUT2D eigenvalue weighted by molar-refractivity contribution is 5.99. The van der Waals surface area contributed by atoms with Crippen molar-refractivity contribution in [2.75, 3.05) is 0 Å². The van der Waals surface area contributed by atoms with Crippen molar-refractivity contribution in [2.24, 2.45) is 0 Å². The second-order valence-corrected chi connectivity index (χ2v) is 10.6. The van der Waals surface area contributed by atoms with E-state index in [0.717, 1.165) is 38.9 Å². The molecule has 0 radical (unpaired) electrons. The van der Waals surface area contributed by atoms with E-state index in [1.165, 1.54) is 6.92 Å². The summed E-state index contributed by atoms with van der Waals surface area (Å²) in [4.78, 5) is 13.1. The van der Waals surface area contributed by atoms with Crippen LogP contribution in [0.1, 0.15) is 56.8 Å². The second-order valence-electron chi connectivity index (χ2n) is 10.6. The van der Waals surface area contributed by atoms with Crippen LogP contribution in [-0.4, -0.2) is 10.5 Å². The maximum absolute atomic E-state index is 13.6. The first-order valence-corrected chi connectivity index (χ1v) is 13.6. The smallest absolute Gasteiger partial charge is 0.346 e. The summed E-state index contributed by atoms with van der Waals surface area (Å²) in [6, 6.07) is 23.2. The van der Waals surface area contributed by atoms with E-state index < -0.39 is 41.0 Å². The Morgan fingerprint density at radius 2 is 1.44 bits per heavy atom. The van der Waals surface area contributed by atoms with Crippen molar-refractivity contribution in [3.8, 4) is 11.1 Å². The molecule has 0 saturated heterocycles. The number of nitrogens with zero attached hydrogens (tertiary/aromatic N) is 1. The number of carbonyl (C=O) groups excluding carboxylic acids is 1. The summed E-state index contributed by atoms with van der Waals surface area (Å²) in [5.74, 6) is -0.693. The third-order valence-corrected chi connectivity index (χ3v) is 7.80. The fraction of sp³-hybridized carbons (Fsp3) is 0.206. The third-order valence-electron chi connectivity index (χ3n) is 7.80. The molecule has 0 unspecified atom stereocenters. The van der Waals surface area contributed by atoms with Crippen LogP contribution in [0, 0.1) is 13.8 Å². The molecule has 3 nitrogen and oxygen atoms in total. The first-order chi connectivity index (χ1) is 20.2. The number of hydrogen-bond donors (Lipinski definition) is 1. The lowest BCUT2D eigenvalue weighted by Gasteiger charge is -2.21. The molecule has 5 aromatic rings. The minimum absolute atomic E-state index is 0.187. The van der Waals surface area contributed by atoms with Crippen molar-refractivity contribution in [3.63, 3.8) is 0 Å². The van der Waals surface area contributed by atoms with Crippen molar-refractivity contribution < 1.29 is 31.1 Å². The number of alkyl halides is 6. The molecule has 1 heterocycles. The molecule has 1 atom stereocenters. The maximum Gasteiger partial charge on any atom is 0.416 e. The van der Waals surface area contributed by atoms with Crippen LogP contribution in [-0.2, 0) is 18.9 Å². The molecule has 1 amide bonds. The fourth-order valence-electron chi connectivity index (χ4n) is 5.32. The number of rotatable bonds is 6. The lowest BCUT2D eigenvalue weighted by molar-refractivity contribution is -0.142. The number of carbonyl (C=O) groups is 1. The van der Waals surface area contributed by atoms with E-state index in [1.54, 1.807) is 18.2 Å².